The van der Waals surface area contributed by atoms with Gasteiger partial charge in [-0.25, -0.2) is 4.79 Å². The second-order valence-corrected chi connectivity index (χ2v) is 6.72. The van der Waals surface area contributed by atoms with Crippen LogP contribution in [-0.4, -0.2) is 34.2 Å². The predicted molar refractivity (Wildman–Crippen MR) is 73.8 cm³/mol. The van der Waals surface area contributed by atoms with Crippen molar-refractivity contribution in [2.45, 2.75) is 45.6 Å². The van der Waals surface area contributed by atoms with Crippen LogP contribution in [0.15, 0.2) is 9.32 Å². The fourth-order valence-corrected chi connectivity index (χ4v) is 3.55. The number of hydrogen-bond donors (Lipinski definition) is 2. The van der Waals surface area contributed by atoms with Crippen LogP contribution in [0.4, 0.5) is 0 Å². The van der Waals surface area contributed by atoms with E-state index in [1.807, 2.05) is 20.8 Å². The molecule has 1 aliphatic carbocycles. The maximum atomic E-state index is 12.6. The molecule has 2 atom stereocenters. The van der Waals surface area contributed by atoms with Gasteiger partial charge in [-0.05, 0) is 19.8 Å². The van der Waals surface area contributed by atoms with Gasteiger partial charge in [-0.3, -0.25) is 19.1 Å². The summed E-state index contributed by atoms with van der Waals surface area (Å²) in [5.41, 5.74) is -2.30. The van der Waals surface area contributed by atoms with Crippen LogP contribution in [0.2, 0.25) is 0 Å². The van der Waals surface area contributed by atoms with Crippen LogP contribution in [-0.2, 0) is 20.7 Å². The number of rotatable bonds is 4. The molecule has 2 aliphatic rings. The summed E-state index contributed by atoms with van der Waals surface area (Å²) in [6, 6.07) is 0. The lowest BCUT2D eigenvalue weighted by Gasteiger charge is -2.35. The SMILES string of the molecule is CC1(C)[C@@]2(C)CC[C@]1(C(=O)NCCc1noc(=O)[nH]1)OC2=O. The molecule has 2 N–H and O–H groups in total. The van der Waals surface area contributed by atoms with E-state index in [0.29, 0.717) is 25.1 Å². The number of H-pyrrole nitrogens is 1. The van der Waals surface area contributed by atoms with E-state index < -0.39 is 22.2 Å². The van der Waals surface area contributed by atoms with Gasteiger partial charge in [0.25, 0.3) is 5.91 Å². The van der Waals surface area contributed by atoms with E-state index in [0.717, 1.165) is 0 Å². The third-order valence-electron chi connectivity index (χ3n) is 5.58. The third kappa shape index (κ3) is 1.69. The van der Waals surface area contributed by atoms with Gasteiger partial charge in [0.15, 0.2) is 11.4 Å². The zero-order valence-corrected chi connectivity index (χ0v) is 12.8. The molecule has 1 saturated carbocycles. The smallest absolute Gasteiger partial charge is 0.438 e. The number of aromatic nitrogens is 2. The van der Waals surface area contributed by atoms with Gasteiger partial charge < -0.3 is 10.1 Å². The molecule has 3 rings (SSSR count). The minimum absolute atomic E-state index is 0.271. The average Bonchev–Trinajstić information content (AvgIpc) is 2.99. The van der Waals surface area contributed by atoms with Crippen LogP contribution < -0.4 is 11.1 Å². The van der Waals surface area contributed by atoms with E-state index in [-0.39, 0.29) is 18.4 Å². The maximum absolute atomic E-state index is 12.6. The van der Waals surface area contributed by atoms with Gasteiger partial charge in [0.1, 0.15) is 0 Å². The number of nitrogens with one attached hydrogen (secondary N) is 2. The number of aromatic amines is 1. The number of carbonyl (C=O) groups is 2. The zero-order valence-electron chi connectivity index (χ0n) is 12.8. The first-order valence-electron chi connectivity index (χ1n) is 7.30. The topological polar surface area (TPSA) is 114 Å². The maximum Gasteiger partial charge on any atom is 0.438 e. The molecule has 1 amide bonds. The highest BCUT2D eigenvalue weighted by atomic mass is 16.6. The van der Waals surface area contributed by atoms with Gasteiger partial charge in [0, 0.05) is 18.4 Å². The Kier molecular flexibility index (Phi) is 2.99. The molecule has 0 radical (unpaired) electrons. The standard InChI is InChI=1S/C14H19N3O5/c1-12(2)13(3)5-6-14(12,21-10(13)19)9(18)15-7-4-8-16-11(20)22-17-8/h4-7H2,1-3H3,(H,15,18)(H,16,17,20)/t13-,14+/m0/s1. The van der Waals surface area contributed by atoms with Crippen molar-refractivity contribution in [2.24, 2.45) is 10.8 Å². The first kappa shape index (κ1) is 14.8. The Labute approximate surface area is 126 Å². The van der Waals surface area contributed by atoms with E-state index in [1.165, 1.54) is 0 Å². The molecule has 0 aromatic carbocycles. The first-order valence-corrected chi connectivity index (χ1v) is 7.30. The molecule has 8 nitrogen and oxygen atoms in total. The van der Waals surface area contributed by atoms with Crippen molar-refractivity contribution in [3.05, 3.63) is 16.4 Å². The van der Waals surface area contributed by atoms with Gasteiger partial charge in [-0.2, -0.15) is 0 Å². The lowest BCUT2D eigenvalue weighted by molar-refractivity contribution is -0.168. The summed E-state index contributed by atoms with van der Waals surface area (Å²) in [7, 11) is 0. The minimum Gasteiger partial charge on any atom is -0.448 e. The lowest BCUT2D eigenvalue weighted by Crippen LogP contribution is -2.53. The molecule has 0 spiro atoms. The Bertz CT molecular complexity index is 691. The van der Waals surface area contributed by atoms with Crippen LogP contribution in [0.25, 0.3) is 0 Å². The molecular weight excluding hydrogens is 290 g/mol. The Morgan fingerprint density at radius 1 is 1.32 bits per heavy atom. The van der Waals surface area contributed by atoms with Gasteiger partial charge in [-0.1, -0.05) is 19.0 Å². The molecule has 1 saturated heterocycles. The Hall–Kier alpha value is -2.12. The molecule has 22 heavy (non-hydrogen) atoms. The third-order valence-corrected chi connectivity index (χ3v) is 5.58. The molecule has 1 aromatic rings. The summed E-state index contributed by atoms with van der Waals surface area (Å²) in [6.07, 6.45) is 1.50. The summed E-state index contributed by atoms with van der Waals surface area (Å²) in [5, 5.41) is 6.30. The summed E-state index contributed by atoms with van der Waals surface area (Å²) in [4.78, 5) is 38.0. The number of carbonyl (C=O) groups excluding carboxylic acids is 2. The van der Waals surface area contributed by atoms with Crippen LogP contribution in [0.3, 0.4) is 0 Å². The average molecular weight is 309 g/mol. The van der Waals surface area contributed by atoms with E-state index >= 15 is 0 Å². The molecule has 8 heteroatoms. The first-order chi connectivity index (χ1) is 10.2. The molecular formula is C14H19N3O5. The summed E-state index contributed by atoms with van der Waals surface area (Å²) < 4.78 is 9.88. The number of ether oxygens (including phenoxy) is 1. The van der Waals surface area contributed by atoms with E-state index in [2.05, 4.69) is 20.0 Å². The molecule has 2 fully saturated rings. The quantitative estimate of drug-likeness (QED) is 0.765. The number of hydrogen-bond acceptors (Lipinski definition) is 6. The molecule has 1 aromatic heterocycles. The monoisotopic (exact) mass is 309 g/mol. The van der Waals surface area contributed by atoms with Crippen molar-refractivity contribution in [1.29, 1.82) is 0 Å². The Morgan fingerprint density at radius 2 is 2.05 bits per heavy atom. The molecule has 2 heterocycles. The van der Waals surface area contributed by atoms with Crippen molar-refractivity contribution in [1.82, 2.24) is 15.5 Å². The number of esters is 1. The Balaban J connectivity index is 1.70. The normalized spacial score (nSPS) is 32.0. The summed E-state index contributed by atoms with van der Waals surface area (Å²) >= 11 is 0. The molecule has 2 bridgehead atoms. The van der Waals surface area contributed by atoms with Gasteiger partial charge >= 0.3 is 11.7 Å². The summed E-state index contributed by atoms with van der Waals surface area (Å²) in [5.74, 6) is -0.864. The van der Waals surface area contributed by atoms with Crippen LogP contribution in [0.5, 0.6) is 0 Å². The molecule has 1 aliphatic heterocycles. The van der Waals surface area contributed by atoms with Crippen LogP contribution >= 0.6 is 0 Å². The zero-order chi connectivity index (χ0) is 16.2. The van der Waals surface area contributed by atoms with Crippen molar-refractivity contribution in [3.63, 3.8) is 0 Å². The van der Waals surface area contributed by atoms with Gasteiger partial charge in [0.2, 0.25) is 0 Å². The highest BCUT2D eigenvalue weighted by Gasteiger charge is 2.75. The van der Waals surface area contributed by atoms with E-state index in [9.17, 15) is 14.4 Å². The van der Waals surface area contributed by atoms with Gasteiger partial charge in [0.05, 0.1) is 5.41 Å². The minimum atomic E-state index is -1.12. The largest absolute Gasteiger partial charge is 0.448 e. The number of fused-ring (bicyclic) bond motifs is 2. The van der Waals surface area contributed by atoms with E-state index in [1.54, 1.807) is 0 Å². The van der Waals surface area contributed by atoms with Crippen LogP contribution in [0, 0.1) is 10.8 Å². The Morgan fingerprint density at radius 3 is 2.55 bits per heavy atom. The van der Waals surface area contributed by atoms with Gasteiger partial charge in [-0.15, -0.1) is 0 Å². The lowest BCUT2D eigenvalue weighted by atomic mass is 9.66. The van der Waals surface area contributed by atoms with E-state index in [4.69, 9.17) is 4.74 Å². The fraction of sp³-hybridized carbons (Fsp3) is 0.714. The molecule has 120 valence electrons. The highest BCUT2D eigenvalue weighted by Crippen LogP contribution is 2.65. The fourth-order valence-electron chi connectivity index (χ4n) is 3.55. The van der Waals surface area contributed by atoms with Crippen molar-refractivity contribution in [3.8, 4) is 0 Å². The van der Waals surface area contributed by atoms with Crippen LogP contribution in [0.1, 0.15) is 39.4 Å². The second-order valence-electron chi connectivity index (χ2n) is 6.72. The second kappa shape index (κ2) is 4.44. The van der Waals surface area contributed by atoms with Crippen molar-refractivity contribution < 1.29 is 18.8 Å². The number of amides is 1. The molecule has 0 unspecified atom stereocenters. The van der Waals surface area contributed by atoms with Crippen molar-refractivity contribution >= 4 is 11.9 Å². The van der Waals surface area contributed by atoms with Crippen molar-refractivity contribution in [2.75, 3.05) is 6.54 Å². The summed E-state index contributed by atoms with van der Waals surface area (Å²) in [6.45, 7) is 5.93. The predicted octanol–water partition coefficient (Wildman–Crippen LogP) is 0.144. The number of nitrogens with zero attached hydrogens (tertiary/aromatic N) is 1. The highest BCUT2D eigenvalue weighted by molar-refractivity contribution is 5.96.